The van der Waals surface area contributed by atoms with Crippen LogP contribution in [0, 0.1) is 0 Å². The molecule has 1 heterocycles. The number of ether oxygens (including phenoxy) is 1. The van der Waals surface area contributed by atoms with Crippen LogP contribution in [0.2, 0.25) is 10.0 Å². The van der Waals surface area contributed by atoms with Gasteiger partial charge in [-0.25, -0.2) is 0 Å². The summed E-state index contributed by atoms with van der Waals surface area (Å²) < 4.78 is 5.49. The molecule has 1 fully saturated rings. The lowest BCUT2D eigenvalue weighted by Crippen LogP contribution is -2.43. The average Bonchev–Trinajstić information content (AvgIpc) is 3.01. The summed E-state index contributed by atoms with van der Waals surface area (Å²) in [7, 11) is 0. The van der Waals surface area contributed by atoms with Gasteiger partial charge in [-0.3, -0.25) is 9.59 Å². The monoisotopic (exact) mass is 344 g/mol. The molecule has 0 aromatic heterocycles. The maximum absolute atomic E-state index is 12.0. The first-order chi connectivity index (χ1) is 10.5. The van der Waals surface area contributed by atoms with Gasteiger partial charge >= 0.3 is 0 Å². The van der Waals surface area contributed by atoms with Crippen LogP contribution in [-0.4, -0.2) is 42.5 Å². The minimum absolute atomic E-state index is 0.0130. The zero-order valence-electron chi connectivity index (χ0n) is 12.3. The van der Waals surface area contributed by atoms with Crippen molar-refractivity contribution >= 4 is 35.0 Å². The average molecular weight is 345 g/mol. The molecule has 2 amide bonds. The van der Waals surface area contributed by atoms with E-state index in [0.29, 0.717) is 15.8 Å². The van der Waals surface area contributed by atoms with Crippen molar-refractivity contribution in [2.75, 3.05) is 19.6 Å². The highest BCUT2D eigenvalue weighted by atomic mass is 35.5. The van der Waals surface area contributed by atoms with Crippen molar-refractivity contribution in [1.82, 2.24) is 10.2 Å². The van der Waals surface area contributed by atoms with Crippen LogP contribution >= 0.6 is 23.2 Å². The molecule has 1 atom stereocenters. The molecule has 1 aromatic rings. The predicted molar refractivity (Wildman–Crippen MR) is 85.4 cm³/mol. The van der Waals surface area contributed by atoms with Crippen molar-refractivity contribution in [3.8, 4) is 5.75 Å². The number of hydrogen-bond acceptors (Lipinski definition) is 3. The lowest BCUT2D eigenvalue weighted by atomic mass is 10.3. The van der Waals surface area contributed by atoms with Gasteiger partial charge in [-0.1, -0.05) is 23.2 Å². The second-order valence-corrected chi connectivity index (χ2v) is 5.98. The van der Waals surface area contributed by atoms with Crippen molar-refractivity contribution in [2.24, 2.45) is 0 Å². The normalized spacial score (nSPS) is 15.5. The SMILES string of the molecule is CC(Oc1ccc(Cl)cc1Cl)C(=O)NCC(=O)N1CCCC1. The summed E-state index contributed by atoms with van der Waals surface area (Å²) in [5.74, 6) is -0.0549. The fraction of sp³-hybridized carbons (Fsp3) is 0.467. The molecule has 1 aliphatic rings. The summed E-state index contributed by atoms with van der Waals surface area (Å²) in [5.41, 5.74) is 0. The van der Waals surface area contributed by atoms with E-state index in [1.165, 1.54) is 0 Å². The third-order valence-electron chi connectivity index (χ3n) is 3.44. The smallest absolute Gasteiger partial charge is 0.261 e. The quantitative estimate of drug-likeness (QED) is 0.892. The molecular weight excluding hydrogens is 327 g/mol. The largest absolute Gasteiger partial charge is 0.479 e. The number of amides is 2. The number of nitrogens with zero attached hydrogens (tertiary/aromatic N) is 1. The molecular formula is C15H18Cl2N2O3. The van der Waals surface area contributed by atoms with E-state index in [1.54, 1.807) is 30.0 Å². The lowest BCUT2D eigenvalue weighted by molar-refractivity contribution is -0.134. The molecule has 1 unspecified atom stereocenters. The van der Waals surface area contributed by atoms with Crippen molar-refractivity contribution in [2.45, 2.75) is 25.9 Å². The van der Waals surface area contributed by atoms with E-state index in [9.17, 15) is 9.59 Å². The summed E-state index contributed by atoms with van der Waals surface area (Å²) in [5, 5.41) is 3.41. The Balaban J connectivity index is 1.82. The Morgan fingerprint density at radius 1 is 1.32 bits per heavy atom. The minimum Gasteiger partial charge on any atom is -0.479 e. The standard InChI is InChI=1S/C15H18Cl2N2O3/c1-10(22-13-5-4-11(16)8-12(13)17)15(21)18-9-14(20)19-6-2-3-7-19/h4-5,8,10H,2-3,6-7,9H2,1H3,(H,18,21). The Bertz CT molecular complexity index is 560. The molecule has 2 rings (SSSR count). The predicted octanol–water partition coefficient (Wildman–Crippen LogP) is 2.50. The van der Waals surface area contributed by atoms with Crippen molar-refractivity contribution in [3.63, 3.8) is 0 Å². The third kappa shape index (κ3) is 4.52. The van der Waals surface area contributed by atoms with E-state index in [2.05, 4.69) is 5.32 Å². The molecule has 1 N–H and O–H groups in total. The highest BCUT2D eigenvalue weighted by Gasteiger charge is 2.21. The van der Waals surface area contributed by atoms with E-state index in [4.69, 9.17) is 27.9 Å². The maximum Gasteiger partial charge on any atom is 0.261 e. The van der Waals surface area contributed by atoms with Gasteiger partial charge in [0.1, 0.15) is 5.75 Å². The van der Waals surface area contributed by atoms with Crippen LogP contribution in [0.4, 0.5) is 0 Å². The molecule has 7 heteroatoms. The first-order valence-corrected chi connectivity index (χ1v) is 7.90. The van der Waals surface area contributed by atoms with E-state index >= 15 is 0 Å². The summed E-state index contributed by atoms with van der Waals surface area (Å²) >= 11 is 11.8. The highest BCUT2D eigenvalue weighted by Crippen LogP contribution is 2.28. The zero-order valence-corrected chi connectivity index (χ0v) is 13.8. The summed E-state index contributed by atoms with van der Waals surface area (Å²) in [6.45, 7) is 3.11. The van der Waals surface area contributed by atoms with E-state index < -0.39 is 6.10 Å². The highest BCUT2D eigenvalue weighted by molar-refractivity contribution is 6.35. The number of nitrogens with one attached hydrogen (secondary N) is 1. The number of rotatable bonds is 5. The molecule has 1 aromatic carbocycles. The van der Waals surface area contributed by atoms with Gasteiger partial charge in [0.15, 0.2) is 6.10 Å². The van der Waals surface area contributed by atoms with Crippen molar-refractivity contribution in [3.05, 3.63) is 28.2 Å². The van der Waals surface area contributed by atoms with Crippen LogP contribution in [0.3, 0.4) is 0 Å². The molecule has 0 bridgehead atoms. The Kier molecular flexibility index (Phi) is 5.91. The molecule has 0 aliphatic carbocycles. The van der Waals surface area contributed by atoms with E-state index in [1.807, 2.05) is 0 Å². The fourth-order valence-corrected chi connectivity index (χ4v) is 2.65. The molecule has 0 saturated carbocycles. The van der Waals surface area contributed by atoms with Gasteiger partial charge < -0.3 is 15.0 Å². The van der Waals surface area contributed by atoms with Gasteiger partial charge in [0.25, 0.3) is 5.91 Å². The van der Waals surface area contributed by atoms with Crippen molar-refractivity contribution in [1.29, 1.82) is 0 Å². The summed E-state index contributed by atoms with van der Waals surface area (Å²) in [6, 6.07) is 4.77. The van der Waals surface area contributed by atoms with Crippen LogP contribution in [0.25, 0.3) is 0 Å². The third-order valence-corrected chi connectivity index (χ3v) is 3.97. The molecule has 1 saturated heterocycles. The Labute approximate surface area is 139 Å². The molecule has 5 nitrogen and oxygen atoms in total. The maximum atomic E-state index is 12.0. The van der Waals surface area contributed by atoms with Crippen molar-refractivity contribution < 1.29 is 14.3 Å². The van der Waals surface area contributed by atoms with E-state index in [-0.39, 0.29) is 18.4 Å². The molecule has 22 heavy (non-hydrogen) atoms. The number of halogens is 2. The minimum atomic E-state index is -0.759. The van der Waals surface area contributed by atoms with Crippen LogP contribution in [-0.2, 0) is 9.59 Å². The first kappa shape index (κ1) is 16.9. The van der Waals surface area contributed by atoms with Gasteiger partial charge in [0.05, 0.1) is 11.6 Å². The lowest BCUT2D eigenvalue weighted by Gasteiger charge is -2.18. The Morgan fingerprint density at radius 2 is 2.00 bits per heavy atom. The number of carbonyl (C=O) groups excluding carboxylic acids is 2. The number of likely N-dealkylation sites (tertiary alicyclic amines) is 1. The summed E-state index contributed by atoms with van der Waals surface area (Å²) in [4.78, 5) is 25.6. The second-order valence-electron chi connectivity index (χ2n) is 5.14. The molecule has 120 valence electrons. The van der Waals surface area contributed by atoms with Crippen LogP contribution < -0.4 is 10.1 Å². The first-order valence-electron chi connectivity index (χ1n) is 7.14. The zero-order chi connectivity index (χ0) is 16.1. The van der Waals surface area contributed by atoms with Gasteiger partial charge in [0.2, 0.25) is 5.91 Å². The molecule has 0 spiro atoms. The van der Waals surface area contributed by atoms with Crippen LogP contribution in [0.15, 0.2) is 18.2 Å². The molecule has 1 aliphatic heterocycles. The second kappa shape index (κ2) is 7.70. The van der Waals surface area contributed by atoms with E-state index in [0.717, 1.165) is 25.9 Å². The van der Waals surface area contributed by atoms with Gasteiger partial charge in [-0.15, -0.1) is 0 Å². The van der Waals surface area contributed by atoms with Crippen LogP contribution in [0.5, 0.6) is 5.75 Å². The number of hydrogen-bond donors (Lipinski definition) is 1. The molecule has 0 radical (unpaired) electrons. The number of carbonyl (C=O) groups is 2. The Hall–Kier alpha value is -1.46. The topological polar surface area (TPSA) is 58.6 Å². The van der Waals surface area contributed by atoms with Crippen LogP contribution in [0.1, 0.15) is 19.8 Å². The summed E-state index contributed by atoms with van der Waals surface area (Å²) in [6.07, 6.45) is 1.28. The van der Waals surface area contributed by atoms with Gasteiger partial charge in [-0.05, 0) is 38.0 Å². The Morgan fingerprint density at radius 3 is 2.64 bits per heavy atom. The van der Waals surface area contributed by atoms with Gasteiger partial charge in [-0.2, -0.15) is 0 Å². The number of benzene rings is 1. The fourth-order valence-electron chi connectivity index (χ4n) is 2.20. The van der Waals surface area contributed by atoms with Gasteiger partial charge in [0, 0.05) is 18.1 Å².